The number of methoxy groups -OCH3 is 1. The molecule has 14 heteroatoms. The largest absolute Gasteiger partial charge is 0.497 e. The van der Waals surface area contributed by atoms with E-state index in [-0.39, 0.29) is 37.6 Å². The fourth-order valence-corrected chi connectivity index (χ4v) is 10.4. The minimum absolute atomic E-state index is 0.0160. The first-order valence-electron chi connectivity index (χ1n) is 20.9. The quantitative estimate of drug-likeness (QED) is 0.192. The number of likely N-dealkylation sites (tertiary alicyclic amines) is 2. The summed E-state index contributed by atoms with van der Waals surface area (Å²) in [6, 6.07) is 15.9. The van der Waals surface area contributed by atoms with E-state index in [2.05, 4.69) is 16.6 Å². The Balaban J connectivity index is 1.21. The predicted octanol–water partition coefficient (Wildman–Crippen LogP) is 5.77. The van der Waals surface area contributed by atoms with Crippen LogP contribution in [0.15, 0.2) is 67.3 Å². The second-order valence-corrected chi connectivity index (χ2v) is 19.9. The van der Waals surface area contributed by atoms with E-state index < -0.39 is 61.5 Å². The van der Waals surface area contributed by atoms with Gasteiger partial charge in [0.05, 0.1) is 35.5 Å². The molecule has 13 nitrogen and oxygen atoms in total. The number of aromatic nitrogens is 1. The third-order valence-corrected chi connectivity index (χ3v) is 15.2. The Labute approximate surface area is 347 Å². The van der Waals surface area contributed by atoms with Gasteiger partial charge < -0.3 is 24.6 Å². The Morgan fingerprint density at radius 3 is 2.36 bits per heavy atom. The van der Waals surface area contributed by atoms with Crippen LogP contribution in [0.2, 0.25) is 0 Å². The maximum Gasteiger partial charge on any atom is 0.259 e. The van der Waals surface area contributed by atoms with Crippen molar-refractivity contribution in [2.24, 2.45) is 17.3 Å². The second kappa shape index (κ2) is 16.2. The Hall–Kier alpha value is -4.98. The van der Waals surface area contributed by atoms with Crippen LogP contribution in [0.25, 0.3) is 22.2 Å². The summed E-state index contributed by atoms with van der Waals surface area (Å²) >= 11 is 0. The molecule has 316 valence electrons. The number of carbonyl (C=O) groups is 4. The zero-order valence-corrected chi connectivity index (χ0v) is 35.6. The molecular weight excluding hydrogens is 771 g/mol. The van der Waals surface area contributed by atoms with Crippen molar-refractivity contribution >= 4 is 44.6 Å². The van der Waals surface area contributed by atoms with Crippen molar-refractivity contribution in [3.63, 3.8) is 0 Å². The van der Waals surface area contributed by atoms with E-state index in [4.69, 9.17) is 14.5 Å². The number of hydrogen-bond acceptors (Lipinski definition) is 9. The van der Waals surface area contributed by atoms with E-state index in [0.29, 0.717) is 60.4 Å². The second-order valence-electron chi connectivity index (χ2n) is 17.8. The number of amides is 4. The summed E-state index contributed by atoms with van der Waals surface area (Å²) in [5.74, 6) is -2.04. The molecule has 2 saturated heterocycles. The maximum atomic E-state index is 14.9. The van der Waals surface area contributed by atoms with Crippen LogP contribution in [0, 0.1) is 17.3 Å². The molecule has 4 aliphatic rings. The van der Waals surface area contributed by atoms with Gasteiger partial charge >= 0.3 is 0 Å². The molecule has 0 radical (unpaired) electrons. The Kier molecular flexibility index (Phi) is 11.6. The van der Waals surface area contributed by atoms with Gasteiger partial charge in [0.25, 0.3) is 5.91 Å². The highest BCUT2D eigenvalue weighted by Crippen LogP contribution is 2.49. The zero-order chi connectivity index (χ0) is 42.3. The zero-order valence-electron chi connectivity index (χ0n) is 34.8. The number of pyridine rings is 1. The lowest BCUT2D eigenvalue weighted by Gasteiger charge is -2.36. The molecule has 2 saturated carbocycles. The summed E-state index contributed by atoms with van der Waals surface area (Å²) in [6.07, 6.45) is 5.24. The van der Waals surface area contributed by atoms with Gasteiger partial charge in [-0.3, -0.25) is 23.9 Å². The minimum atomic E-state index is -4.01. The molecule has 2 aromatic carbocycles. The maximum absolute atomic E-state index is 14.9. The van der Waals surface area contributed by atoms with Gasteiger partial charge in [0.1, 0.15) is 29.2 Å². The first-order chi connectivity index (χ1) is 28.0. The van der Waals surface area contributed by atoms with Gasteiger partial charge in [0, 0.05) is 54.9 Å². The molecule has 59 heavy (non-hydrogen) atoms. The van der Waals surface area contributed by atoms with Crippen molar-refractivity contribution in [2.75, 3.05) is 26.7 Å². The van der Waals surface area contributed by atoms with Gasteiger partial charge in [-0.2, -0.15) is 0 Å². The molecule has 3 aromatic rings. The SMILES string of the molecule is C=C[C@@H]1C[C@]1(NC(=O)[C@@H]1C[C@@H](Oc2cc(-c3ccccc3)nc3cc(OC)ccc23)CN1C(=O)C(CC(=O)N1CCCCC1)C(C)(C)C)C(=O)NS(=O)(=O)C1(CC)CC1. The highest BCUT2D eigenvalue weighted by atomic mass is 32.2. The number of ether oxygens (including phenoxy) is 2. The van der Waals surface area contributed by atoms with Crippen LogP contribution in [0.1, 0.15) is 85.5 Å². The monoisotopic (exact) mass is 827 g/mol. The van der Waals surface area contributed by atoms with E-state index in [1.54, 1.807) is 20.1 Å². The van der Waals surface area contributed by atoms with Crippen molar-refractivity contribution in [1.82, 2.24) is 24.8 Å². The molecule has 4 amide bonds. The number of fused-ring (bicyclic) bond motifs is 1. The highest BCUT2D eigenvalue weighted by Gasteiger charge is 2.63. The summed E-state index contributed by atoms with van der Waals surface area (Å²) in [5.41, 5.74) is -0.0398. The lowest BCUT2D eigenvalue weighted by Crippen LogP contribution is -2.58. The van der Waals surface area contributed by atoms with Crippen LogP contribution >= 0.6 is 0 Å². The third-order valence-electron chi connectivity index (χ3n) is 12.9. The van der Waals surface area contributed by atoms with E-state index in [1.807, 2.05) is 80.3 Å². The van der Waals surface area contributed by atoms with E-state index in [0.717, 1.165) is 24.8 Å². The van der Waals surface area contributed by atoms with Crippen LogP contribution in [-0.4, -0.2) is 96.0 Å². The van der Waals surface area contributed by atoms with Crippen LogP contribution in [0.5, 0.6) is 11.5 Å². The Morgan fingerprint density at radius 1 is 1.03 bits per heavy atom. The summed E-state index contributed by atoms with van der Waals surface area (Å²) in [5, 5.41) is 3.61. The first-order valence-corrected chi connectivity index (χ1v) is 22.3. The molecule has 2 aliphatic heterocycles. The van der Waals surface area contributed by atoms with Crippen molar-refractivity contribution in [2.45, 2.75) is 108 Å². The van der Waals surface area contributed by atoms with Crippen molar-refractivity contribution in [3.8, 4) is 22.8 Å². The van der Waals surface area contributed by atoms with Crippen molar-refractivity contribution in [1.29, 1.82) is 0 Å². The van der Waals surface area contributed by atoms with Crippen LogP contribution < -0.4 is 19.5 Å². The van der Waals surface area contributed by atoms with Crippen molar-refractivity contribution < 1.29 is 37.1 Å². The Bertz CT molecular complexity index is 2230. The third kappa shape index (κ3) is 8.42. The molecule has 1 aromatic heterocycles. The van der Waals surface area contributed by atoms with Gasteiger partial charge in [0.15, 0.2) is 0 Å². The topological polar surface area (TPSA) is 164 Å². The van der Waals surface area contributed by atoms with Gasteiger partial charge in [-0.25, -0.2) is 13.4 Å². The van der Waals surface area contributed by atoms with Crippen molar-refractivity contribution in [3.05, 3.63) is 67.3 Å². The summed E-state index contributed by atoms with van der Waals surface area (Å²) in [6.45, 7) is 12.7. The minimum Gasteiger partial charge on any atom is -0.497 e. The van der Waals surface area contributed by atoms with E-state index >= 15 is 0 Å². The predicted molar refractivity (Wildman–Crippen MR) is 225 cm³/mol. The normalized spacial score (nSPS) is 24.2. The first kappa shape index (κ1) is 42.2. The number of sulfonamides is 1. The molecule has 1 unspecified atom stereocenters. The molecule has 2 N–H and O–H groups in total. The summed E-state index contributed by atoms with van der Waals surface area (Å²) < 4.78 is 40.3. The number of benzene rings is 2. The van der Waals surface area contributed by atoms with Crippen LogP contribution in [-0.2, 0) is 29.2 Å². The number of nitrogens with zero attached hydrogens (tertiary/aromatic N) is 3. The van der Waals surface area contributed by atoms with Gasteiger partial charge in [-0.05, 0) is 62.5 Å². The number of nitrogens with one attached hydrogen (secondary N) is 2. The lowest BCUT2D eigenvalue weighted by molar-refractivity contribution is -0.148. The van der Waals surface area contributed by atoms with Gasteiger partial charge in [-0.1, -0.05) is 64.1 Å². The molecule has 0 bridgehead atoms. The molecule has 7 rings (SSSR count). The van der Waals surface area contributed by atoms with Crippen LogP contribution in [0.4, 0.5) is 0 Å². The van der Waals surface area contributed by atoms with E-state index in [9.17, 15) is 27.6 Å². The number of carbonyl (C=O) groups excluding carboxylic acids is 4. The smallest absolute Gasteiger partial charge is 0.259 e. The fourth-order valence-electron chi connectivity index (χ4n) is 8.73. The molecule has 0 spiro atoms. The fraction of sp³-hybridized carbons (Fsp3) is 0.533. The standard InChI is InChI=1S/C45H57N5O8S/c1-7-30-27-45(30,42(54)48-59(55,56)44(8-2)19-20-44)47-40(52)37-24-32(28-50(37)41(53)34(43(3,4)5)25-39(51)49-21-13-10-14-22-49)58-38-26-35(29-15-11-9-12-16-29)46-36-23-31(57-6)17-18-33(36)38/h7,9,11-12,15-18,23,26,30,32,34,37H,1,8,10,13-14,19-22,24-25,27-28H2,2-6H3,(H,47,52)(H,48,54)/t30-,32-,34?,37+,45-/m1/s1. The summed E-state index contributed by atoms with van der Waals surface area (Å²) in [7, 11) is -2.42. The average molecular weight is 828 g/mol. The molecular formula is C45H57N5O8S. The molecule has 2 aliphatic carbocycles. The Morgan fingerprint density at radius 2 is 1.75 bits per heavy atom. The molecule has 5 atom stereocenters. The average Bonchev–Trinajstić information content (AvgIpc) is 4.14. The molecule has 4 fully saturated rings. The number of rotatable bonds is 14. The van der Waals surface area contributed by atoms with E-state index in [1.165, 1.54) is 4.90 Å². The lowest BCUT2D eigenvalue weighted by atomic mass is 9.77. The van der Waals surface area contributed by atoms with Crippen LogP contribution in [0.3, 0.4) is 0 Å². The molecule has 3 heterocycles. The number of piperidine rings is 1. The summed E-state index contributed by atoms with van der Waals surface area (Å²) in [4.78, 5) is 65.4. The van der Waals surface area contributed by atoms with Gasteiger partial charge in [-0.15, -0.1) is 6.58 Å². The van der Waals surface area contributed by atoms with Gasteiger partial charge in [0.2, 0.25) is 27.7 Å². The highest BCUT2D eigenvalue weighted by molar-refractivity contribution is 7.91. The number of hydrogen-bond donors (Lipinski definition) is 2.